The fourth-order valence-electron chi connectivity index (χ4n) is 6.13. The van der Waals surface area contributed by atoms with Crippen LogP contribution < -0.4 is 16.0 Å². The standard InChI is InChI=1S/C38H45N7O7.ClH/c1-42-19-21-44(22-20-42)24-32(46)43(2)28-15-13-27(14-16-28)40-34(25-9-5-4-6-10-25)33-29-17-12-26(36(48)49)23-31(29)45(35(33)47)38(51)41-30(37(50)52-3)11-7-8-18-39;/h4-6,9-10,12-17,23,30,47H,7-8,11,18-22,24,39H2,1-3H3,(H,41,51)(H,48,49);1H. The number of nitrogens with one attached hydrogen (secondary N) is 1. The first-order valence-corrected chi connectivity index (χ1v) is 17.1. The number of carbonyl (C=O) groups is 4. The number of hydrogen-bond acceptors (Lipinski definition) is 10. The Labute approximate surface area is 314 Å². The highest BCUT2D eigenvalue weighted by Crippen LogP contribution is 2.35. The van der Waals surface area contributed by atoms with Crippen molar-refractivity contribution >= 4 is 64.3 Å². The van der Waals surface area contributed by atoms with Crippen LogP contribution >= 0.6 is 12.4 Å². The molecule has 3 aromatic carbocycles. The highest BCUT2D eigenvalue weighted by molar-refractivity contribution is 6.23. The lowest BCUT2D eigenvalue weighted by Gasteiger charge is -2.32. The number of fused-ring (bicyclic) bond motifs is 1. The van der Waals surface area contributed by atoms with Crippen molar-refractivity contribution in [2.24, 2.45) is 10.7 Å². The molecule has 4 aromatic rings. The van der Waals surface area contributed by atoms with Gasteiger partial charge in [0.25, 0.3) is 0 Å². The Bertz CT molecular complexity index is 1940. The van der Waals surface area contributed by atoms with E-state index in [1.807, 2.05) is 18.2 Å². The Morgan fingerprint density at radius 2 is 1.64 bits per heavy atom. The number of nitrogens with zero attached hydrogens (tertiary/aromatic N) is 5. The average molecular weight is 748 g/mol. The summed E-state index contributed by atoms with van der Waals surface area (Å²) in [5.41, 5.74) is 7.87. The number of aromatic nitrogens is 1. The van der Waals surface area contributed by atoms with Gasteiger partial charge in [0.1, 0.15) is 6.04 Å². The van der Waals surface area contributed by atoms with Crippen LogP contribution in [0.1, 0.15) is 40.7 Å². The Balaban J connectivity index is 0.00000627. The molecule has 1 unspecified atom stereocenters. The highest BCUT2D eigenvalue weighted by Gasteiger charge is 2.29. The maximum atomic E-state index is 13.9. The summed E-state index contributed by atoms with van der Waals surface area (Å²) in [6.07, 6.45) is 1.40. The van der Waals surface area contributed by atoms with Crippen LogP contribution in [0.25, 0.3) is 10.9 Å². The zero-order valence-electron chi connectivity index (χ0n) is 30.0. The number of rotatable bonds is 13. The van der Waals surface area contributed by atoms with Crippen LogP contribution in [0.2, 0.25) is 0 Å². The lowest BCUT2D eigenvalue weighted by atomic mass is 10.00. The van der Waals surface area contributed by atoms with Crippen LogP contribution in [0.15, 0.2) is 77.8 Å². The zero-order chi connectivity index (χ0) is 37.4. The lowest BCUT2D eigenvalue weighted by molar-refractivity contribution is -0.143. The fraction of sp³-hybridized carbons (Fsp3) is 0.342. The molecule has 1 aromatic heterocycles. The maximum Gasteiger partial charge on any atom is 0.335 e. The molecular formula is C38H46ClN7O7. The van der Waals surface area contributed by atoms with E-state index in [-0.39, 0.29) is 41.4 Å². The summed E-state index contributed by atoms with van der Waals surface area (Å²) >= 11 is 0. The molecular weight excluding hydrogens is 702 g/mol. The summed E-state index contributed by atoms with van der Waals surface area (Å²) in [5.74, 6) is -2.44. The number of methoxy groups -OCH3 is 1. The number of aromatic hydroxyl groups is 1. The number of carboxylic acid groups (broad SMARTS) is 1. The number of anilines is 1. The van der Waals surface area contributed by atoms with Crippen molar-refractivity contribution in [3.05, 3.63) is 89.5 Å². The number of likely N-dealkylation sites (N-methyl/N-ethyl adjacent to an activating group) is 2. The monoisotopic (exact) mass is 747 g/mol. The van der Waals surface area contributed by atoms with E-state index in [1.165, 1.54) is 25.3 Å². The van der Waals surface area contributed by atoms with Gasteiger partial charge in [0.15, 0.2) is 0 Å². The number of aromatic carboxylic acids is 1. The topological polar surface area (TPSA) is 183 Å². The first-order chi connectivity index (χ1) is 25.0. The minimum atomic E-state index is -1.23. The smallest absolute Gasteiger partial charge is 0.335 e. The summed E-state index contributed by atoms with van der Waals surface area (Å²) in [5, 5.41) is 24.7. The van der Waals surface area contributed by atoms with Gasteiger partial charge in [-0.3, -0.25) is 9.69 Å². The first kappa shape index (κ1) is 40.5. The van der Waals surface area contributed by atoms with E-state index in [0.717, 1.165) is 30.7 Å². The van der Waals surface area contributed by atoms with E-state index >= 15 is 0 Å². The summed E-state index contributed by atoms with van der Waals surface area (Å²) in [4.78, 5) is 62.5. The summed E-state index contributed by atoms with van der Waals surface area (Å²) in [6.45, 7) is 4.20. The molecule has 1 aliphatic heterocycles. The van der Waals surface area contributed by atoms with Crippen LogP contribution in [-0.2, 0) is 14.3 Å². The Morgan fingerprint density at radius 3 is 2.26 bits per heavy atom. The second kappa shape index (κ2) is 18.5. The number of piperazine rings is 1. The van der Waals surface area contributed by atoms with E-state index < -0.39 is 29.9 Å². The van der Waals surface area contributed by atoms with Crippen molar-refractivity contribution in [3.8, 4) is 5.88 Å². The number of benzene rings is 3. The van der Waals surface area contributed by atoms with Gasteiger partial charge in [0.2, 0.25) is 11.8 Å². The Morgan fingerprint density at radius 1 is 0.962 bits per heavy atom. The molecule has 0 saturated carbocycles. The molecule has 1 fully saturated rings. The van der Waals surface area contributed by atoms with Gasteiger partial charge >= 0.3 is 18.0 Å². The van der Waals surface area contributed by atoms with Crippen molar-refractivity contribution in [2.45, 2.75) is 25.3 Å². The fourth-order valence-corrected chi connectivity index (χ4v) is 6.13. The molecule has 0 bridgehead atoms. The van der Waals surface area contributed by atoms with E-state index in [1.54, 1.807) is 48.3 Å². The molecule has 53 heavy (non-hydrogen) atoms. The number of amides is 2. The number of ether oxygens (including phenoxy) is 1. The zero-order valence-corrected chi connectivity index (χ0v) is 30.8. The third kappa shape index (κ3) is 9.59. The van der Waals surface area contributed by atoms with Gasteiger partial charge in [0, 0.05) is 49.9 Å². The normalized spacial score (nSPS) is 14.3. The SMILES string of the molecule is COC(=O)C(CCCCN)NC(=O)n1c(O)c(C(=Nc2ccc(N(C)C(=O)CN3CCN(C)CC3)cc2)c2ccccc2)c2ccc(C(=O)O)cc21.Cl. The predicted octanol–water partition coefficient (Wildman–Crippen LogP) is 4.07. The number of hydrogen-bond donors (Lipinski definition) is 4. The van der Waals surface area contributed by atoms with Crippen molar-refractivity contribution in [1.29, 1.82) is 0 Å². The van der Waals surface area contributed by atoms with Crippen LogP contribution in [0.4, 0.5) is 16.2 Å². The Hall–Kier alpha value is -5.28. The largest absolute Gasteiger partial charge is 0.494 e. The lowest BCUT2D eigenvalue weighted by Crippen LogP contribution is -2.48. The second-order valence-corrected chi connectivity index (χ2v) is 12.8. The second-order valence-electron chi connectivity index (χ2n) is 12.8. The van der Waals surface area contributed by atoms with Gasteiger partial charge in [-0.25, -0.2) is 23.9 Å². The quantitative estimate of drug-likeness (QED) is 0.0884. The molecule has 0 radical (unpaired) electrons. The molecule has 0 spiro atoms. The number of esters is 1. The molecule has 0 aliphatic carbocycles. The van der Waals surface area contributed by atoms with Gasteiger partial charge < -0.3 is 35.8 Å². The minimum Gasteiger partial charge on any atom is -0.494 e. The Kier molecular flexibility index (Phi) is 14.1. The molecule has 5 N–H and O–H groups in total. The molecule has 14 nitrogen and oxygen atoms in total. The molecule has 2 amide bonds. The van der Waals surface area contributed by atoms with E-state index in [2.05, 4.69) is 22.2 Å². The number of unbranched alkanes of at least 4 members (excludes halogenated alkanes) is 1. The van der Waals surface area contributed by atoms with Gasteiger partial charge in [-0.05, 0) is 69.3 Å². The maximum absolute atomic E-state index is 13.9. The van der Waals surface area contributed by atoms with Gasteiger partial charge in [-0.15, -0.1) is 12.4 Å². The van der Waals surface area contributed by atoms with Crippen LogP contribution in [0.3, 0.4) is 0 Å². The molecule has 15 heteroatoms. The van der Waals surface area contributed by atoms with E-state index in [0.29, 0.717) is 54.0 Å². The van der Waals surface area contributed by atoms with Crippen molar-refractivity contribution in [1.82, 2.24) is 19.7 Å². The minimum absolute atomic E-state index is 0. The van der Waals surface area contributed by atoms with Crippen molar-refractivity contribution < 1.29 is 34.1 Å². The molecule has 5 rings (SSSR count). The van der Waals surface area contributed by atoms with Gasteiger partial charge in [-0.1, -0.05) is 36.4 Å². The number of halogens is 1. The molecule has 282 valence electrons. The predicted molar refractivity (Wildman–Crippen MR) is 206 cm³/mol. The van der Waals surface area contributed by atoms with E-state index in [4.69, 9.17) is 15.5 Å². The summed E-state index contributed by atoms with van der Waals surface area (Å²) in [7, 11) is 5.01. The first-order valence-electron chi connectivity index (χ1n) is 17.1. The number of carbonyl (C=O) groups excluding carboxylic acids is 3. The van der Waals surface area contributed by atoms with Crippen LogP contribution in [0, 0.1) is 0 Å². The van der Waals surface area contributed by atoms with Crippen LogP contribution in [-0.4, -0.2) is 121 Å². The summed E-state index contributed by atoms with van der Waals surface area (Å²) in [6, 6.07) is 18.4. The summed E-state index contributed by atoms with van der Waals surface area (Å²) < 4.78 is 5.85. The van der Waals surface area contributed by atoms with Crippen LogP contribution in [0.5, 0.6) is 5.88 Å². The number of carboxylic acids is 1. The van der Waals surface area contributed by atoms with Gasteiger partial charge in [0.05, 0.1) is 41.7 Å². The average Bonchev–Trinajstić information content (AvgIpc) is 3.44. The van der Waals surface area contributed by atoms with Crippen molar-refractivity contribution in [2.75, 3.05) is 65.4 Å². The third-order valence-electron chi connectivity index (χ3n) is 9.21. The molecule has 2 heterocycles. The molecule has 1 aliphatic rings. The third-order valence-corrected chi connectivity index (χ3v) is 9.21. The van der Waals surface area contributed by atoms with Crippen molar-refractivity contribution in [3.63, 3.8) is 0 Å². The van der Waals surface area contributed by atoms with Gasteiger partial charge in [-0.2, -0.15) is 0 Å². The number of aliphatic imine (C=N–C) groups is 1. The molecule has 1 saturated heterocycles. The molecule has 1 atom stereocenters. The highest BCUT2D eigenvalue weighted by atomic mass is 35.5. The van der Waals surface area contributed by atoms with E-state index in [9.17, 15) is 29.4 Å². The number of nitrogens with two attached hydrogens (primary N) is 1.